The topological polar surface area (TPSA) is 46.5 Å². The third kappa shape index (κ3) is 1.99. The van der Waals surface area contributed by atoms with Crippen molar-refractivity contribution in [2.24, 2.45) is 0 Å². The second-order valence-electron chi connectivity index (χ2n) is 2.40. The number of hydrogen-bond acceptors (Lipinski definition) is 3. The van der Waals surface area contributed by atoms with Gasteiger partial charge in [0.1, 0.15) is 12.4 Å². The van der Waals surface area contributed by atoms with Crippen LogP contribution in [0, 0.1) is 0 Å². The molecule has 0 aliphatic heterocycles. The first-order chi connectivity index (χ1) is 6.20. The van der Waals surface area contributed by atoms with Crippen molar-refractivity contribution in [1.29, 1.82) is 0 Å². The van der Waals surface area contributed by atoms with Crippen molar-refractivity contribution in [3.63, 3.8) is 0 Å². The Hall–Kier alpha value is -1.06. The number of methoxy groups -OCH3 is 1. The molecule has 0 spiro atoms. The quantitative estimate of drug-likeness (QED) is 0.753. The molecule has 0 atom stereocenters. The van der Waals surface area contributed by atoms with Crippen molar-refractivity contribution in [1.82, 2.24) is 0 Å². The molecule has 0 unspecified atom stereocenters. The van der Waals surface area contributed by atoms with Gasteiger partial charge in [-0.2, -0.15) is 0 Å². The van der Waals surface area contributed by atoms with Gasteiger partial charge in [0.15, 0.2) is 5.78 Å². The van der Waals surface area contributed by atoms with E-state index in [4.69, 9.17) is 21.4 Å². The first-order valence-corrected chi connectivity index (χ1v) is 4.05. The highest BCUT2D eigenvalue weighted by atomic mass is 35.5. The maximum absolute atomic E-state index is 11.1. The van der Waals surface area contributed by atoms with Crippen molar-refractivity contribution < 1.29 is 14.6 Å². The van der Waals surface area contributed by atoms with Crippen LogP contribution in [0.15, 0.2) is 18.2 Å². The van der Waals surface area contributed by atoms with Crippen LogP contribution >= 0.6 is 11.6 Å². The molecular weight excluding hydrogens is 192 g/mol. The molecule has 1 N–H and O–H groups in total. The van der Waals surface area contributed by atoms with Crippen LogP contribution in [0.25, 0.3) is 0 Å². The standard InChI is InChI=1S/C9H9ClO3/c1-13-8-4-2-3-6(9(8)10)7(12)5-11/h2-4,11H,5H2,1H3. The Labute approximate surface area is 80.9 Å². The number of hydrogen-bond donors (Lipinski definition) is 1. The highest BCUT2D eigenvalue weighted by Gasteiger charge is 2.12. The van der Waals surface area contributed by atoms with Gasteiger partial charge >= 0.3 is 0 Å². The molecule has 3 nitrogen and oxygen atoms in total. The lowest BCUT2D eigenvalue weighted by Gasteiger charge is -2.05. The van der Waals surface area contributed by atoms with Gasteiger partial charge in [-0.1, -0.05) is 17.7 Å². The summed E-state index contributed by atoms with van der Waals surface area (Å²) in [6.07, 6.45) is 0. The van der Waals surface area contributed by atoms with Crippen molar-refractivity contribution >= 4 is 17.4 Å². The molecule has 0 bridgehead atoms. The summed E-state index contributed by atoms with van der Waals surface area (Å²) in [5.74, 6) is 0.0184. The van der Waals surface area contributed by atoms with Gasteiger partial charge in [0, 0.05) is 5.56 Å². The second-order valence-corrected chi connectivity index (χ2v) is 2.78. The number of Topliss-reactive ketones (excluding diaryl/α,β-unsaturated/α-hetero) is 1. The molecule has 70 valence electrons. The monoisotopic (exact) mass is 200 g/mol. The fourth-order valence-electron chi connectivity index (χ4n) is 0.969. The molecule has 1 aromatic rings. The predicted molar refractivity (Wildman–Crippen MR) is 49.4 cm³/mol. The van der Waals surface area contributed by atoms with Gasteiger partial charge < -0.3 is 9.84 Å². The Morgan fingerprint density at radius 3 is 2.85 bits per heavy atom. The number of rotatable bonds is 3. The van der Waals surface area contributed by atoms with Crippen LogP contribution in [-0.4, -0.2) is 24.6 Å². The van der Waals surface area contributed by atoms with Crippen LogP contribution in [0.2, 0.25) is 5.02 Å². The molecule has 0 aliphatic carbocycles. The summed E-state index contributed by atoms with van der Waals surface area (Å²) in [5, 5.41) is 8.87. The fourth-order valence-corrected chi connectivity index (χ4v) is 1.28. The third-order valence-corrected chi connectivity index (χ3v) is 2.02. The summed E-state index contributed by atoms with van der Waals surface area (Å²) >= 11 is 5.83. The predicted octanol–water partition coefficient (Wildman–Crippen LogP) is 1.52. The zero-order valence-corrected chi connectivity index (χ0v) is 7.84. The van der Waals surface area contributed by atoms with Crippen molar-refractivity contribution in [2.75, 3.05) is 13.7 Å². The first kappa shape index (κ1) is 10.0. The van der Waals surface area contributed by atoms with Crippen LogP contribution in [0.1, 0.15) is 10.4 Å². The number of aliphatic hydroxyl groups is 1. The van der Waals surface area contributed by atoms with E-state index in [1.807, 2.05) is 0 Å². The molecule has 0 amide bonds. The highest BCUT2D eigenvalue weighted by molar-refractivity contribution is 6.35. The van der Waals surface area contributed by atoms with Gasteiger partial charge in [-0.05, 0) is 12.1 Å². The molecule has 0 aliphatic rings. The number of carbonyl (C=O) groups excluding carboxylic acids is 1. The maximum atomic E-state index is 11.1. The molecule has 4 heteroatoms. The van der Waals surface area contributed by atoms with Gasteiger partial charge in [0.2, 0.25) is 0 Å². The van der Waals surface area contributed by atoms with Crippen molar-refractivity contribution in [3.8, 4) is 5.75 Å². The Balaban J connectivity index is 3.15. The Morgan fingerprint density at radius 1 is 1.62 bits per heavy atom. The third-order valence-electron chi connectivity index (χ3n) is 1.63. The lowest BCUT2D eigenvalue weighted by molar-refractivity contribution is 0.0903. The van der Waals surface area contributed by atoms with Crippen LogP contribution in [0.4, 0.5) is 0 Å². The second kappa shape index (κ2) is 4.25. The molecule has 0 saturated heterocycles. The Kier molecular flexibility index (Phi) is 3.28. The number of ether oxygens (including phenoxy) is 1. The van der Waals surface area contributed by atoms with Crippen LogP contribution in [0.3, 0.4) is 0 Å². The molecule has 1 rings (SSSR count). The smallest absolute Gasteiger partial charge is 0.189 e. The summed E-state index contributed by atoms with van der Waals surface area (Å²) < 4.78 is 4.91. The fraction of sp³-hybridized carbons (Fsp3) is 0.222. The van der Waals surface area contributed by atoms with E-state index in [9.17, 15) is 4.79 Å². The highest BCUT2D eigenvalue weighted by Crippen LogP contribution is 2.27. The minimum atomic E-state index is -0.549. The van der Waals surface area contributed by atoms with Gasteiger partial charge in [0.25, 0.3) is 0 Å². The summed E-state index contributed by atoms with van der Waals surface area (Å²) in [5.41, 5.74) is 0.281. The number of benzene rings is 1. The van der Waals surface area contributed by atoms with Crippen LogP contribution in [-0.2, 0) is 0 Å². The van der Waals surface area contributed by atoms with E-state index in [0.29, 0.717) is 5.75 Å². The maximum Gasteiger partial charge on any atom is 0.189 e. The average Bonchev–Trinajstić information content (AvgIpc) is 2.17. The molecule has 0 fully saturated rings. The summed E-state index contributed by atoms with van der Waals surface area (Å²) in [6, 6.07) is 4.84. The SMILES string of the molecule is COc1cccc(C(=O)CO)c1Cl. The van der Waals surface area contributed by atoms with E-state index in [1.165, 1.54) is 7.11 Å². The molecular formula is C9H9ClO3. The van der Waals surface area contributed by atoms with Gasteiger partial charge in [0.05, 0.1) is 12.1 Å². The number of halogens is 1. The van der Waals surface area contributed by atoms with E-state index < -0.39 is 12.4 Å². The summed E-state index contributed by atoms with van der Waals surface area (Å²) in [4.78, 5) is 11.1. The summed E-state index contributed by atoms with van der Waals surface area (Å²) in [6.45, 7) is -0.549. The lowest BCUT2D eigenvalue weighted by atomic mass is 10.1. The molecule has 0 radical (unpaired) electrons. The number of ketones is 1. The first-order valence-electron chi connectivity index (χ1n) is 3.67. The minimum absolute atomic E-state index is 0.240. The summed E-state index contributed by atoms with van der Waals surface area (Å²) in [7, 11) is 1.47. The van der Waals surface area contributed by atoms with Gasteiger partial charge in [-0.3, -0.25) is 4.79 Å². The molecule has 13 heavy (non-hydrogen) atoms. The minimum Gasteiger partial charge on any atom is -0.495 e. The molecule has 0 saturated carbocycles. The van der Waals surface area contributed by atoms with Crippen LogP contribution < -0.4 is 4.74 Å². The lowest BCUT2D eigenvalue weighted by Crippen LogP contribution is -2.05. The Bertz CT molecular complexity index is 323. The van der Waals surface area contributed by atoms with Crippen molar-refractivity contribution in [3.05, 3.63) is 28.8 Å². The van der Waals surface area contributed by atoms with E-state index in [1.54, 1.807) is 18.2 Å². The van der Waals surface area contributed by atoms with E-state index in [-0.39, 0.29) is 10.6 Å². The molecule has 1 aromatic carbocycles. The van der Waals surface area contributed by atoms with E-state index in [2.05, 4.69) is 0 Å². The molecule has 0 heterocycles. The van der Waals surface area contributed by atoms with Crippen molar-refractivity contribution in [2.45, 2.75) is 0 Å². The largest absolute Gasteiger partial charge is 0.495 e. The zero-order valence-electron chi connectivity index (χ0n) is 7.08. The normalized spacial score (nSPS) is 9.77. The van der Waals surface area contributed by atoms with Crippen LogP contribution in [0.5, 0.6) is 5.75 Å². The molecule has 0 aromatic heterocycles. The van der Waals surface area contributed by atoms with E-state index in [0.717, 1.165) is 0 Å². The zero-order chi connectivity index (χ0) is 9.84. The number of aliphatic hydroxyl groups excluding tert-OH is 1. The number of carbonyl (C=O) groups is 1. The Morgan fingerprint density at radius 2 is 2.31 bits per heavy atom. The average molecular weight is 201 g/mol. The van der Waals surface area contributed by atoms with Gasteiger partial charge in [-0.15, -0.1) is 0 Å². The van der Waals surface area contributed by atoms with E-state index >= 15 is 0 Å². The van der Waals surface area contributed by atoms with Gasteiger partial charge in [-0.25, -0.2) is 0 Å².